The summed E-state index contributed by atoms with van der Waals surface area (Å²) >= 11 is 3.56. The molecule has 19 heavy (non-hydrogen) atoms. The number of anilines is 2. The van der Waals surface area contributed by atoms with E-state index >= 15 is 0 Å². The van der Waals surface area contributed by atoms with E-state index < -0.39 is 0 Å². The molecule has 0 amide bonds. The Bertz CT molecular complexity index is 593. The van der Waals surface area contributed by atoms with Crippen LogP contribution in [0.25, 0.3) is 0 Å². The number of rotatable bonds is 3. The van der Waals surface area contributed by atoms with Crippen molar-refractivity contribution in [1.82, 2.24) is 0 Å². The summed E-state index contributed by atoms with van der Waals surface area (Å²) in [5.74, 6) is 0. The second-order valence-corrected chi connectivity index (χ2v) is 5.76. The highest BCUT2D eigenvalue weighted by atomic mass is 79.9. The van der Waals surface area contributed by atoms with Gasteiger partial charge in [0.25, 0.3) is 0 Å². The average molecular weight is 319 g/mol. The molecule has 0 aromatic heterocycles. The van der Waals surface area contributed by atoms with Gasteiger partial charge in [-0.3, -0.25) is 0 Å². The van der Waals surface area contributed by atoms with E-state index in [9.17, 15) is 0 Å². The molecule has 0 saturated carbocycles. The van der Waals surface area contributed by atoms with Crippen LogP contribution in [0.1, 0.15) is 16.7 Å². The molecular weight excluding hydrogens is 300 g/mol. The summed E-state index contributed by atoms with van der Waals surface area (Å²) < 4.78 is 0.992. The van der Waals surface area contributed by atoms with Crippen LogP contribution < -0.4 is 10.6 Å². The fourth-order valence-corrected chi connectivity index (χ4v) is 2.69. The Hall–Kier alpha value is -1.48. The first kappa shape index (κ1) is 13.9. The summed E-state index contributed by atoms with van der Waals surface area (Å²) in [6.45, 7) is 5.09. The Kier molecular flexibility index (Phi) is 4.15. The molecule has 0 aliphatic rings. The van der Waals surface area contributed by atoms with Gasteiger partial charge >= 0.3 is 0 Å². The van der Waals surface area contributed by atoms with Gasteiger partial charge in [-0.2, -0.15) is 0 Å². The fourth-order valence-electron chi connectivity index (χ4n) is 2.30. The van der Waals surface area contributed by atoms with Gasteiger partial charge in [-0.1, -0.05) is 29.8 Å². The molecule has 0 bridgehead atoms. The largest absolute Gasteiger partial charge is 0.398 e. The van der Waals surface area contributed by atoms with E-state index in [2.05, 4.69) is 66.0 Å². The van der Waals surface area contributed by atoms with Gasteiger partial charge in [0, 0.05) is 29.4 Å². The second-order valence-electron chi connectivity index (χ2n) is 4.97. The van der Waals surface area contributed by atoms with Crippen LogP contribution in [0.15, 0.2) is 40.9 Å². The van der Waals surface area contributed by atoms with Crippen LogP contribution in [-0.2, 0) is 6.54 Å². The molecule has 2 N–H and O–H groups in total. The Balaban J connectivity index is 2.25. The molecule has 0 spiro atoms. The zero-order chi connectivity index (χ0) is 14.0. The van der Waals surface area contributed by atoms with Crippen molar-refractivity contribution in [3.05, 3.63) is 57.6 Å². The molecule has 0 radical (unpaired) electrons. The van der Waals surface area contributed by atoms with Gasteiger partial charge in [-0.15, -0.1) is 0 Å². The molecule has 0 saturated heterocycles. The van der Waals surface area contributed by atoms with Gasteiger partial charge in [0.2, 0.25) is 0 Å². The minimum Gasteiger partial charge on any atom is -0.398 e. The molecule has 0 fully saturated rings. The fraction of sp³-hybridized carbons (Fsp3) is 0.250. The van der Waals surface area contributed by atoms with Gasteiger partial charge < -0.3 is 10.6 Å². The SMILES string of the molecule is Cc1ccc(N(C)Cc2cccc(N)c2Br)c(C)c1. The van der Waals surface area contributed by atoms with E-state index in [1.54, 1.807) is 0 Å². The van der Waals surface area contributed by atoms with Crippen molar-refractivity contribution in [1.29, 1.82) is 0 Å². The third-order valence-corrected chi connectivity index (χ3v) is 4.25. The number of halogens is 1. The van der Waals surface area contributed by atoms with Crippen LogP contribution >= 0.6 is 15.9 Å². The summed E-state index contributed by atoms with van der Waals surface area (Å²) in [5, 5.41) is 0. The molecule has 0 unspecified atom stereocenters. The molecule has 2 nitrogen and oxygen atoms in total. The van der Waals surface area contributed by atoms with E-state index in [4.69, 9.17) is 5.73 Å². The molecule has 100 valence electrons. The number of aryl methyl sites for hydroxylation is 2. The Morgan fingerprint density at radius 3 is 2.58 bits per heavy atom. The first-order valence-electron chi connectivity index (χ1n) is 6.30. The van der Waals surface area contributed by atoms with Crippen LogP contribution in [0.4, 0.5) is 11.4 Å². The van der Waals surface area contributed by atoms with Gasteiger partial charge in [0.15, 0.2) is 0 Å². The predicted molar refractivity (Wildman–Crippen MR) is 86.6 cm³/mol. The minimum absolute atomic E-state index is 0.784. The summed E-state index contributed by atoms with van der Waals surface area (Å²) in [5.41, 5.74) is 11.7. The maximum atomic E-state index is 5.92. The standard InChI is InChI=1S/C16H19BrN2/c1-11-7-8-15(12(2)9-11)19(3)10-13-5-4-6-14(18)16(13)17/h4-9H,10,18H2,1-3H3. The Labute approximate surface area is 123 Å². The molecule has 2 rings (SSSR count). The molecule has 0 aliphatic heterocycles. The predicted octanol–water partition coefficient (Wildman–Crippen LogP) is 4.28. The monoisotopic (exact) mass is 318 g/mol. The smallest absolute Gasteiger partial charge is 0.0461 e. The van der Waals surface area contributed by atoms with Crippen molar-refractivity contribution in [2.24, 2.45) is 0 Å². The lowest BCUT2D eigenvalue weighted by Gasteiger charge is -2.22. The van der Waals surface area contributed by atoms with Crippen molar-refractivity contribution in [3.63, 3.8) is 0 Å². The van der Waals surface area contributed by atoms with Crippen molar-refractivity contribution in [3.8, 4) is 0 Å². The number of nitrogens with zero attached hydrogens (tertiary/aromatic N) is 1. The summed E-state index contributed by atoms with van der Waals surface area (Å²) in [6, 6.07) is 12.5. The summed E-state index contributed by atoms with van der Waals surface area (Å²) in [7, 11) is 2.10. The quantitative estimate of drug-likeness (QED) is 0.856. The third kappa shape index (κ3) is 3.10. The summed E-state index contributed by atoms with van der Waals surface area (Å²) in [4.78, 5) is 2.24. The Morgan fingerprint density at radius 1 is 1.16 bits per heavy atom. The highest BCUT2D eigenvalue weighted by Gasteiger charge is 2.09. The van der Waals surface area contributed by atoms with Crippen molar-refractivity contribution >= 4 is 27.3 Å². The van der Waals surface area contributed by atoms with Crippen molar-refractivity contribution in [2.45, 2.75) is 20.4 Å². The van der Waals surface area contributed by atoms with E-state index in [0.717, 1.165) is 16.7 Å². The number of hydrogen-bond acceptors (Lipinski definition) is 2. The minimum atomic E-state index is 0.784. The zero-order valence-electron chi connectivity index (χ0n) is 11.6. The van der Waals surface area contributed by atoms with E-state index in [1.165, 1.54) is 22.4 Å². The highest BCUT2D eigenvalue weighted by molar-refractivity contribution is 9.10. The number of nitrogen functional groups attached to an aromatic ring is 1. The number of hydrogen-bond donors (Lipinski definition) is 1. The van der Waals surface area contributed by atoms with Gasteiger partial charge in [-0.25, -0.2) is 0 Å². The maximum Gasteiger partial charge on any atom is 0.0461 e. The second kappa shape index (κ2) is 5.66. The lowest BCUT2D eigenvalue weighted by Crippen LogP contribution is -2.18. The van der Waals surface area contributed by atoms with E-state index in [0.29, 0.717) is 0 Å². The van der Waals surface area contributed by atoms with Crippen LogP contribution in [0.3, 0.4) is 0 Å². The first-order chi connectivity index (χ1) is 8.99. The highest BCUT2D eigenvalue weighted by Crippen LogP contribution is 2.27. The molecule has 0 heterocycles. The van der Waals surface area contributed by atoms with E-state index in [-0.39, 0.29) is 0 Å². The number of nitrogens with two attached hydrogens (primary N) is 1. The average Bonchev–Trinajstić information content (AvgIpc) is 2.34. The normalized spacial score (nSPS) is 10.5. The molecule has 2 aromatic rings. The van der Waals surface area contributed by atoms with Crippen molar-refractivity contribution in [2.75, 3.05) is 17.7 Å². The van der Waals surface area contributed by atoms with Crippen LogP contribution in [0.5, 0.6) is 0 Å². The lowest BCUT2D eigenvalue weighted by atomic mass is 10.1. The first-order valence-corrected chi connectivity index (χ1v) is 7.09. The van der Waals surface area contributed by atoms with Crippen LogP contribution in [-0.4, -0.2) is 7.05 Å². The zero-order valence-corrected chi connectivity index (χ0v) is 13.2. The van der Waals surface area contributed by atoms with Gasteiger partial charge in [0.1, 0.15) is 0 Å². The lowest BCUT2D eigenvalue weighted by molar-refractivity contribution is 0.913. The molecule has 0 atom stereocenters. The molecular formula is C16H19BrN2. The number of benzene rings is 2. The van der Waals surface area contributed by atoms with Gasteiger partial charge in [0.05, 0.1) is 0 Å². The maximum absolute atomic E-state index is 5.92. The molecule has 3 heteroatoms. The summed E-state index contributed by atoms with van der Waals surface area (Å²) in [6.07, 6.45) is 0. The Morgan fingerprint density at radius 2 is 1.89 bits per heavy atom. The van der Waals surface area contributed by atoms with E-state index in [1.807, 2.05) is 12.1 Å². The van der Waals surface area contributed by atoms with Crippen LogP contribution in [0.2, 0.25) is 0 Å². The van der Waals surface area contributed by atoms with Gasteiger partial charge in [-0.05, 0) is 53.0 Å². The molecule has 2 aromatic carbocycles. The molecule has 0 aliphatic carbocycles. The van der Waals surface area contributed by atoms with Crippen molar-refractivity contribution < 1.29 is 0 Å². The topological polar surface area (TPSA) is 29.3 Å². The third-order valence-electron chi connectivity index (χ3n) is 3.28. The van der Waals surface area contributed by atoms with Crippen LogP contribution in [0, 0.1) is 13.8 Å².